The van der Waals surface area contributed by atoms with Crippen LogP contribution in [0.25, 0.3) is 0 Å². The summed E-state index contributed by atoms with van der Waals surface area (Å²) in [6.45, 7) is 6.61. The minimum atomic E-state index is 0.353. The molecule has 0 aliphatic heterocycles. The topological polar surface area (TPSA) is 25.2 Å². The number of rotatable bonds is 5. The molecule has 78 valence electrons. The second-order valence-electron chi connectivity index (χ2n) is 4.20. The Hall–Kier alpha value is -0.760. The third kappa shape index (κ3) is 1.48. The van der Waals surface area contributed by atoms with Crippen molar-refractivity contribution < 1.29 is 4.42 Å². The molecule has 0 radical (unpaired) electrons. The van der Waals surface area contributed by atoms with Crippen LogP contribution in [0.1, 0.15) is 32.4 Å². The molecule has 1 aliphatic carbocycles. The van der Waals surface area contributed by atoms with Gasteiger partial charge in [-0.2, -0.15) is 0 Å². The average molecular weight is 193 g/mol. The van der Waals surface area contributed by atoms with Gasteiger partial charge in [-0.05, 0) is 44.0 Å². The molecule has 0 bridgehead atoms. The monoisotopic (exact) mass is 193 g/mol. The molecule has 0 spiro atoms. The van der Waals surface area contributed by atoms with E-state index in [4.69, 9.17) is 4.42 Å². The number of nitrogens with one attached hydrogen (secondary N) is 1. The first-order valence-electron chi connectivity index (χ1n) is 5.58. The van der Waals surface area contributed by atoms with Gasteiger partial charge in [0, 0.05) is 5.41 Å². The van der Waals surface area contributed by atoms with Gasteiger partial charge in [0.2, 0.25) is 0 Å². The van der Waals surface area contributed by atoms with Crippen molar-refractivity contribution in [2.24, 2.45) is 5.92 Å². The first-order chi connectivity index (χ1) is 6.83. The maximum absolute atomic E-state index is 5.53. The van der Waals surface area contributed by atoms with Crippen LogP contribution in [-0.2, 0) is 5.41 Å². The lowest BCUT2D eigenvalue weighted by atomic mass is 9.97. The van der Waals surface area contributed by atoms with E-state index in [-0.39, 0.29) is 0 Å². The Bertz CT molecular complexity index is 281. The van der Waals surface area contributed by atoms with Crippen molar-refractivity contribution in [3.63, 3.8) is 0 Å². The van der Waals surface area contributed by atoms with Gasteiger partial charge in [-0.3, -0.25) is 0 Å². The molecule has 2 nitrogen and oxygen atoms in total. The van der Waals surface area contributed by atoms with Crippen LogP contribution in [0.4, 0.5) is 0 Å². The van der Waals surface area contributed by atoms with Gasteiger partial charge < -0.3 is 9.73 Å². The number of furan rings is 1. The van der Waals surface area contributed by atoms with Gasteiger partial charge in [0.1, 0.15) is 5.76 Å². The van der Waals surface area contributed by atoms with Gasteiger partial charge in [0.25, 0.3) is 0 Å². The van der Waals surface area contributed by atoms with Crippen molar-refractivity contribution in [3.05, 3.63) is 24.2 Å². The first-order valence-corrected chi connectivity index (χ1v) is 5.58. The van der Waals surface area contributed by atoms with Gasteiger partial charge >= 0.3 is 0 Å². The van der Waals surface area contributed by atoms with E-state index in [1.165, 1.54) is 18.6 Å². The second-order valence-corrected chi connectivity index (χ2v) is 4.20. The maximum atomic E-state index is 5.53. The van der Waals surface area contributed by atoms with Crippen LogP contribution in [0.15, 0.2) is 22.8 Å². The first kappa shape index (κ1) is 9.78. The molecule has 2 unspecified atom stereocenters. The highest BCUT2D eigenvalue weighted by atomic mass is 16.3. The predicted molar refractivity (Wildman–Crippen MR) is 57.3 cm³/mol. The smallest absolute Gasteiger partial charge is 0.110 e. The van der Waals surface area contributed by atoms with Crippen LogP contribution < -0.4 is 5.32 Å². The maximum Gasteiger partial charge on any atom is 0.110 e. The molecule has 1 aliphatic rings. The lowest BCUT2D eigenvalue weighted by Crippen LogP contribution is -2.20. The summed E-state index contributed by atoms with van der Waals surface area (Å²) in [7, 11) is 0. The fourth-order valence-corrected chi connectivity index (χ4v) is 2.44. The molecule has 1 saturated carbocycles. The van der Waals surface area contributed by atoms with Crippen molar-refractivity contribution in [1.29, 1.82) is 0 Å². The summed E-state index contributed by atoms with van der Waals surface area (Å²) in [5.41, 5.74) is 0.353. The van der Waals surface area contributed by atoms with Crippen molar-refractivity contribution in [2.45, 2.75) is 32.1 Å². The Labute approximate surface area is 85.7 Å². The predicted octanol–water partition coefficient (Wildman–Crippen LogP) is 2.56. The Morgan fingerprint density at radius 3 is 3.00 bits per heavy atom. The van der Waals surface area contributed by atoms with Gasteiger partial charge in [-0.1, -0.05) is 13.8 Å². The van der Waals surface area contributed by atoms with E-state index in [1.54, 1.807) is 6.26 Å². The fourth-order valence-electron chi connectivity index (χ4n) is 2.44. The fraction of sp³-hybridized carbons (Fsp3) is 0.667. The quantitative estimate of drug-likeness (QED) is 0.777. The molecule has 0 aromatic carbocycles. The molecule has 2 heteroatoms. The lowest BCUT2D eigenvalue weighted by Gasteiger charge is -2.12. The molecule has 1 aromatic rings. The van der Waals surface area contributed by atoms with Crippen LogP contribution in [0.3, 0.4) is 0 Å². The second kappa shape index (κ2) is 3.77. The van der Waals surface area contributed by atoms with Crippen molar-refractivity contribution in [1.82, 2.24) is 5.32 Å². The molecule has 14 heavy (non-hydrogen) atoms. The van der Waals surface area contributed by atoms with Gasteiger partial charge in [0.05, 0.1) is 6.26 Å². The van der Waals surface area contributed by atoms with Gasteiger partial charge in [-0.25, -0.2) is 0 Å². The number of hydrogen-bond acceptors (Lipinski definition) is 2. The van der Waals surface area contributed by atoms with E-state index in [9.17, 15) is 0 Å². The largest absolute Gasteiger partial charge is 0.469 e. The summed E-state index contributed by atoms with van der Waals surface area (Å²) in [6, 6.07) is 4.12. The van der Waals surface area contributed by atoms with E-state index in [0.717, 1.165) is 19.0 Å². The highest BCUT2D eigenvalue weighted by molar-refractivity contribution is 5.25. The summed E-state index contributed by atoms with van der Waals surface area (Å²) in [6.07, 6.45) is 4.26. The minimum absolute atomic E-state index is 0.353. The zero-order valence-electron chi connectivity index (χ0n) is 9.05. The van der Waals surface area contributed by atoms with E-state index < -0.39 is 0 Å². The van der Waals surface area contributed by atoms with Crippen LogP contribution in [0.5, 0.6) is 0 Å². The molecule has 1 N–H and O–H groups in total. The third-order valence-corrected chi connectivity index (χ3v) is 3.52. The zero-order valence-corrected chi connectivity index (χ0v) is 9.05. The van der Waals surface area contributed by atoms with E-state index >= 15 is 0 Å². The molecule has 0 saturated heterocycles. The molecular formula is C12H19NO. The van der Waals surface area contributed by atoms with Crippen molar-refractivity contribution >= 4 is 0 Å². The molecule has 0 amide bonds. The van der Waals surface area contributed by atoms with Crippen molar-refractivity contribution in [3.8, 4) is 0 Å². The molecule has 1 aromatic heterocycles. The lowest BCUT2D eigenvalue weighted by molar-refractivity contribution is 0.416. The SMILES string of the molecule is CCNCC1CC1(CC)c1ccco1. The molecule has 1 fully saturated rings. The zero-order chi connectivity index (χ0) is 10.0. The Morgan fingerprint density at radius 1 is 1.57 bits per heavy atom. The molecule has 2 rings (SSSR count). The van der Waals surface area contributed by atoms with Crippen LogP contribution in [0, 0.1) is 5.92 Å². The van der Waals surface area contributed by atoms with Crippen LogP contribution >= 0.6 is 0 Å². The number of hydrogen-bond donors (Lipinski definition) is 1. The molecular weight excluding hydrogens is 174 g/mol. The summed E-state index contributed by atoms with van der Waals surface area (Å²) in [5.74, 6) is 1.96. The highest BCUT2D eigenvalue weighted by Crippen LogP contribution is 2.56. The molecule has 1 heterocycles. The van der Waals surface area contributed by atoms with Gasteiger partial charge in [0.15, 0.2) is 0 Å². The summed E-state index contributed by atoms with van der Waals surface area (Å²) in [4.78, 5) is 0. The normalized spacial score (nSPS) is 30.6. The third-order valence-electron chi connectivity index (χ3n) is 3.52. The summed E-state index contributed by atoms with van der Waals surface area (Å²) >= 11 is 0. The van der Waals surface area contributed by atoms with E-state index in [0.29, 0.717) is 5.41 Å². The standard InChI is InChI=1S/C12H19NO/c1-3-12(11-6-5-7-14-11)8-10(12)9-13-4-2/h5-7,10,13H,3-4,8-9H2,1-2H3. The highest BCUT2D eigenvalue weighted by Gasteiger charge is 2.55. The summed E-state index contributed by atoms with van der Waals surface area (Å²) in [5, 5.41) is 3.42. The average Bonchev–Trinajstić information content (AvgIpc) is 2.66. The summed E-state index contributed by atoms with van der Waals surface area (Å²) < 4.78 is 5.53. The Kier molecular flexibility index (Phi) is 2.64. The Balaban J connectivity index is 2.01. The minimum Gasteiger partial charge on any atom is -0.469 e. The molecule has 2 atom stereocenters. The van der Waals surface area contributed by atoms with Crippen LogP contribution in [-0.4, -0.2) is 13.1 Å². The van der Waals surface area contributed by atoms with E-state index in [2.05, 4.69) is 25.2 Å². The van der Waals surface area contributed by atoms with Gasteiger partial charge in [-0.15, -0.1) is 0 Å². The van der Waals surface area contributed by atoms with Crippen molar-refractivity contribution in [2.75, 3.05) is 13.1 Å². The van der Waals surface area contributed by atoms with Crippen LogP contribution in [0.2, 0.25) is 0 Å². The Morgan fingerprint density at radius 2 is 2.43 bits per heavy atom. The van der Waals surface area contributed by atoms with E-state index in [1.807, 2.05) is 6.07 Å².